The Kier molecular flexibility index (Phi) is 2.86. The molecule has 2 aromatic rings. The summed E-state index contributed by atoms with van der Waals surface area (Å²) >= 11 is 0. The topological polar surface area (TPSA) is 48.0 Å². The third-order valence-electron chi connectivity index (χ3n) is 2.69. The second-order valence-corrected chi connectivity index (χ2v) is 4.03. The van der Waals surface area contributed by atoms with Gasteiger partial charge in [-0.15, -0.1) is 0 Å². The minimum Gasteiger partial charge on any atom is -0.508 e. The van der Waals surface area contributed by atoms with E-state index in [9.17, 15) is 5.11 Å². The molecule has 0 aliphatic heterocycles. The molecular formula is C13H16N2O. The lowest BCUT2D eigenvalue weighted by molar-refractivity contribution is 0.471. The van der Waals surface area contributed by atoms with Crippen molar-refractivity contribution in [3.05, 3.63) is 47.3 Å². The largest absolute Gasteiger partial charge is 0.508 e. The van der Waals surface area contributed by atoms with E-state index in [-0.39, 0.29) is 0 Å². The van der Waals surface area contributed by atoms with Crippen LogP contribution in [-0.2, 0) is 6.54 Å². The van der Waals surface area contributed by atoms with Gasteiger partial charge in [0.15, 0.2) is 0 Å². The SMILES string of the molecule is Cc1cc(NCc2cc[nH]c2)c(C)cc1O. The molecule has 0 spiro atoms. The summed E-state index contributed by atoms with van der Waals surface area (Å²) in [6.07, 6.45) is 3.88. The van der Waals surface area contributed by atoms with E-state index in [0.717, 1.165) is 23.4 Å². The van der Waals surface area contributed by atoms with E-state index in [2.05, 4.69) is 10.3 Å². The van der Waals surface area contributed by atoms with Gasteiger partial charge < -0.3 is 15.4 Å². The third-order valence-corrected chi connectivity index (χ3v) is 2.69. The molecule has 1 aromatic carbocycles. The zero-order valence-corrected chi connectivity index (χ0v) is 9.54. The minimum absolute atomic E-state index is 0.352. The van der Waals surface area contributed by atoms with Crippen molar-refractivity contribution in [2.24, 2.45) is 0 Å². The van der Waals surface area contributed by atoms with Gasteiger partial charge in [0.25, 0.3) is 0 Å². The standard InChI is InChI=1S/C13H16N2O/c1-9-6-13(16)10(2)5-12(9)15-8-11-3-4-14-7-11/h3-7,14-16H,8H2,1-2H3. The molecule has 1 aromatic heterocycles. The van der Waals surface area contributed by atoms with Gasteiger partial charge in [0.05, 0.1) is 0 Å². The summed E-state index contributed by atoms with van der Waals surface area (Å²) in [6.45, 7) is 4.67. The monoisotopic (exact) mass is 216 g/mol. The number of hydrogen-bond acceptors (Lipinski definition) is 2. The van der Waals surface area contributed by atoms with Crippen LogP contribution >= 0.6 is 0 Å². The van der Waals surface area contributed by atoms with Gasteiger partial charge >= 0.3 is 0 Å². The summed E-state index contributed by atoms with van der Waals surface area (Å²) in [5.41, 5.74) is 4.22. The highest BCUT2D eigenvalue weighted by atomic mass is 16.3. The van der Waals surface area contributed by atoms with Crippen LogP contribution < -0.4 is 5.32 Å². The second-order valence-electron chi connectivity index (χ2n) is 4.03. The lowest BCUT2D eigenvalue weighted by Crippen LogP contribution is -2.00. The van der Waals surface area contributed by atoms with Crippen LogP contribution in [0.25, 0.3) is 0 Å². The smallest absolute Gasteiger partial charge is 0.118 e. The van der Waals surface area contributed by atoms with Crippen LogP contribution in [0.5, 0.6) is 5.75 Å². The molecule has 0 saturated carbocycles. The zero-order chi connectivity index (χ0) is 11.5. The highest BCUT2D eigenvalue weighted by molar-refractivity contribution is 5.56. The predicted octanol–water partition coefficient (Wildman–Crippen LogP) is 2.95. The number of aromatic amines is 1. The number of phenolic OH excluding ortho intramolecular Hbond substituents is 1. The lowest BCUT2D eigenvalue weighted by atomic mass is 10.1. The summed E-state index contributed by atoms with van der Waals surface area (Å²) in [7, 11) is 0. The Bertz CT molecular complexity index is 475. The highest BCUT2D eigenvalue weighted by Gasteiger charge is 2.03. The number of anilines is 1. The molecule has 0 radical (unpaired) electrons. The van der Waals surface area contributed by atoms with E-state index in [1.165, 1.54) is 5.56 Å². The molecule has 16 heavy (non-hydrogen) atoms. The number of rotatable bonds is 3. The molecule has 84 valence electrons. The molecule has 3 N–H and O–H groups in total. The van der Waals surface area contributed by atoms with E-state index >= 15 is 0 Å². The lowest BCUT2D eigenvalue weighted by Gasteiger charge is -2.10. The van der Waals surface area contributed by atoms with Gasteiger partial charge in [0, 0.05) is 24.6 Å². The quantitative estimate of drug-likeness (QED) is 0.691. The summed E-state index contributed by atoms with van der Waals surface area (Å²) < 4.78 is 0. The maximum atomic E-state index is 9.54. The van der Waals surface area contributed by atoms with Crippen molar-refractivity contribution >= 4 is 5.69 Å². The number of benzene rings is 1. The fraction of sp³-hybridized carbons (Fsp3) is 0.231. The second kappa shape index (κ2) is 4.31. The molecule has 0 bridgehead atoms. The Morgan fingerprint density at radius 3 is 2.75 bits per heavy atom. The Labute approximate surface area is 95.1 Å². The molecule has 2 rings (SSSR count). The Morgan fingerprint density at radius 1 is 1.25 bits per heavy atom. The Balaban J connectivity index is 2.12. The van der Waals surface area contributed by atoms with Crippen molar-refractivity contribution < 1.29 is 5.11 Å². The first-order valence-corrected chi connectivity index (χ1v) is 5.32. The Hall–Kier alpha value is -1.90. The number of phenols is 1. The van der Waals surface area contributed by atoms with Crippen LogP contribution in [0, 0.1) is 13.8 Å². The summed E-state index contributed by atoms with van der Waals surface area (Å²) in [6, 6.07) is 5.79. The van der Waals surface area contributed by atoms with Gasteiger partial charge in [0.2, 0.25) is 0 Å². The van der Waals surface area contributed by atoms with Gasteiger partial charge in [-0.1, -0.05) is 0 Å². The molecule has 0 fully saturated rings. The highest BCUT2D eigenvalue weighted by Crippen LogP contribution is 2.25. The van der Waals surface area contributed by atoms with E-state index in [0.29, 0.717) is 5.75 Å². The van der Waals surface area contributed by atoms with Crippen LogP contribution in [0.15, 0.2) is 30.6 Å². The number of nitrogens with one attached hydrogen (secondary N) is 2. The first kappa shape index (κ1) is 10.6. The van der Waals surface area contributed by atoms with Crippen LogP contribution in [0.3, 0.4) is 0 Å². The minimum atomic E-state index is 0.352. The average molecular weight is 216 g/mol. The van der Waals surface area contributed by atoms with E-state index in [4.69, 9.17) is 0 Å². The van der Waals surface area contributed by atoms with E-state index < -0.39 is 0 Å². The average Bonchev–Trinajstić information content (AvgIpc) is 2.74. The first-order valence-electron chi connectivity index (χ1n) is 5.32. The van der Waals surface area contributed by atoms with Crippen molar-refractivity contribution in [1.29, 1.82) is 0 Å². The molecular weight excluding hydrogens is 200 g/mol. The van der Waals surface area contributed by atoms with Crippen molar-refractivity contribution in [1.82, 2.24) is 4.98 Å². The molecule has 0 amide bonds. The normalized spacial score (nSPS) is 10.4. The van der Waals surface area contributed by atoms with Crippen molar-refractivity contribution in [2.75, 3.05) is 5.32 Å². The van der Waals surface area contributed by atoms with Crippen LogP contribution in [-0.4, -0.2) is 10.1 Å². The fourth-order valence-corrected chi connectivity index (χ4v) is 1.66. The van der Waals surface area contributed by atoms with Gasteiger partial charge in [0.1, 0.15) is 5.75 Å². The van der Waals surface area contributed by atoms with Crippen molar-refractivity contribution in [3.8, 4) is 5.75 Å². The van der Waals surface area contributed by atoms with E-state index in [1.54, 1.807) is 6.07 Å². The number of aromatic nitrogens is 1. The molecule has 0 atom stereocenters. The Morgan fingerprint density at radius 2 is 2.06 bits per heavy atom. The number of H-pyrrole nitrogens is 1. The van der Waals surface area contributed by atoms with Crippen LogP contribution in [0.2, 0.25) is 0 Å². The maximum Gasteiger partial charge on any atom is 0.118 e. The molecule has 0 aliphatic carbocycles. The molecule has 3 heteroatoms. The summed E-state index contributed by atoms with van der Waals surface area (Å²) in [4.78, 5) is 3.02. The van der Waals surface area contributed by atoms with Crippen LogP contribution in [0.4, 0.5) is 5.69 Å². The number of hydrogen-bond donors (Lipinski definition) is 3. The van der Waals surface area contributed by atoms with Gasteiger partial charge in [-0.25, -0.2) is 0 Å². The van der Waals surface area contributed by atoms with E-state index in [1.807, 2.05) is 38.4 Å². The molecule has 3 nitrogen and oxygen atoms in total. The fourth-order valence-electron chi connectivity index (χ4n) is 1.66. The molecule has 0 saturated heterocycles. The summed E-state index contributed by atoms with van der Waals surface area (Å²) in [5.74, 6) is 0.352. The number of aryl methyl sites for hydroxylation is 2. The number of aromatic hydroxyl groups is 1. The van der Waals surface area contributed by atoms with Gasteiger partial charge in [-0.05, 0) is 48.7 Å². The molecule has 0 aliphatic rings. The van der Waals surface area contributed by atoms with Crippen molar-refractivity contribution in [3.63, 3.8) is 0 Å². The molecule has 1 heterocycles. The predicted molar refractivity (Wildman–Crippen MR) is 65.7 cm³/mol. The van der Waals surface area contributed by atoms with Gasteiger partial charge in [-0.2, -0.15) is 0 Å². The third kappa shape index (κ3) is 2.19. The van der Waals surface area contributed by atoms with Gasteiger partial charge in [-0.3, -0.25) is 0 Å². The molecule has 0 unspecified atom stereocenters. The van der Waals surface area contributed by atoms with Crippen molar-refractivity contribution in [2.45, 2.75) is 20.4 Å². The van der Waals surface area contributed by atoms with Crippen LogP contribution in [0.1, 0.15) is 16.7 Å². The summed E-state index contributed by atoms with van der Waals surface area (Å²) in [5, 5.41) is 12.9. The first-order chi connectivity index (χ1) is 7.66. The zero-order valence-electron chi connectivity index (χ0n) is 9.54. The maximum absolute atomic E-state index is 9.54.